The Morgan fingerprint density at radius 2 is 1.94 bits per heavy atom. The maximum absolute atomic E-state index is 13.5. The zero-order valence-electron chi connectivity index (χ0n) is 19.8. The lowest BCUT2D eigenvalue weighted by Crippen LogP contribution is -2.57. The van der Waals surface area contributed by atoms with Crippen molar-refractivity contribution < 1.29 is 24.6 Å². The molecule has 0 heterocycles. The SMILES string of the molecule is C=C[C@@]1(C)CC=C2[C@@H](CC[C@@H]3[C@](C)(C(=O)N[C@@H](CCCC(=O)O)C(=O)O)CCC[C@@]23C)C1. The van der Waals surface area contributed by atoms with Crippen LogP contribution >= 0.6 is 0 Å². The van der Waals surface area contributed by atoms with Crippen molar-refractivity contribution in [3.05, 3.63) is 24.3 Å². The maximum atomic E-state index is 13.5. The molecule has 6 nitrogen and oxygen atoms in total. The van der Waals surface area contributed by atoms with Crippen LogP contribution in [-0.2, 0) is 14.4 Å². The molecule has 6 heteroatoms. The summed E-state index contributed by atoms with van der Waals surface area (Å²) in [6.45, 7) is 10.7. The molecule has 178 valence electrons. The summed E-state index contributed by atoms with van der Waals surface area (Å²) >= 11 is 0. The number of carboxylic acids is 2. The van der Waals surface area contributed by atoms with Gasteiger partial charge in [0.05, 0.1) is 5.41 Å². The fourth-order valence-electron chi connectivity index (χ4n) is 6.92. The van der Waals surface area contributed by atoms with E-state index in [0.717, 1.165) is 44.9 Å². The van der Waals surface area contributed by atoms with Gasteiger partial charge in [-0.15, -0.1) is 6.58 Å². The Kier molecular flexibility index (Phi) is 6.92. The van der Waals surface area contributed by atoms with Gasteiger partial charge in [0.15, 0.2) is 0 Å². The molecule has 0 aromatic heterocycles. The van der Waals surface area contributed by atoms with E-state index in [-0.39, 0.29) is 41.9 Å². The number of carboxylic acid groups (broad SMARTS) is 2. The number of hydrogen-bond donors (Lipinski definition) is 3. The second kappa shape index (κ2) is 9.03. The largest absolute Gasteiger partial charge is 0.481 e. The molecule has 0 spiro atoms. The average Bonchev–Trinajstić information content (AvgIpc) is 2.72. The minimum Gasteiger partial charge on any atom is -0.481 e. The Morgan fingerprint density at radius 3 is 2.56 bits per heavy atom. The number of fused-ring (bicyclic) bond motifs is 3. The van der Waals surface area contributed by atoms with Crippen molar-refractivity contribution in [1.29, 1.82) is 0 Å². The molecule has 0 saturated heterocycles. The number of nitrogens with one attached hydrogen (secondary N) is 1. The van der Waals surface area contributed by atoms with Crippen LogP contribution in [0.15, 0.2) is 24.3 Å². The molecule has 0 unspecified atom stereocenters. The monoisotopic (exact) mass is 445 g/mol. The molecule has 6 atom stereocenters. The number of rotatable bonds is 8. The fraction of sp³-hybridized carbons (Fsp3) is 0.731. The van der Waals surface area contributed by atoms with Crippen LogP contribution in [0.1, 0.15) is 85.0 Å². The van der Waals surface area contributed by atoms with Gasteiger partial charge >= 0.3 is 11.9 Å². The van der Waals surface area contributed by atoms with Crippen molar-refractivity contribution in [2.24, 2.45) is 28.1 Å². The van der Waals surface area contributed by atoms with Gasteiger partial charge in [-0.3, -0.25) is 9.59 Å². The van der Waals surface area contributed by atoms with Crippen molar-refractivity contribution in [3.8, 4) is 0 Å². The molecule has 0 bridgehead atoms. The lowest BCUT2D eigenvalue weighted by molar-refractivity contribution is -0.149. The van der Waals surface area contributed by atoms with E-state index in [9.17, 15) is 19.5 Å². The number of carbonyl (C=O) groups excluding carboxylic acids is 1. The highest BCUT2D eigenvalue weighted by Crippen LogP contribution is 2.63. The van der Waals surface area contributed by atoms with Gasteiger partial charge < -0.3 is 15.5 Å². The minimum atomic E-state index is -1.10. The number of aliphatic carboxylic acids is 2. The normalized spacial score (nSPS) is 37.3. The highest BCUT2D eigenvalue weighted by atomic mass is 16.4. The maximum Gasteiger partial charge on any atom is 0.326 e. The van der Waals surface area contributed by atoms with E-state index in [2.05, 4.69) is 37.9 Å². The molecule has 2 fully saturated rings. The van der Waals surface area contributed by atoms with Crippen LogP contribution in [0, 0.1) is 28.1 Å². The number of allylic oxidation sites excluding steroid dienone is 3. The Bertz CT molecular complexity index is 819. The average molecular weight is 446 g/mol. The van der Waals surface area contributed by atoms with Gasteiger partial charge in [-0.1, -0.05) is 44.9 Å². The summed E-state index contributed by atoms with van der Waals surface area (Å²) in [7, 11) is 0. The predicted octanol–water partition coefficient (Wildman–Crippen LogP) is 4.95. The van der Waals surface area contributed by atoms with E-state index in [1.54, 1.807) is 0 Å². The van der Waals surface area contributed by atoms with Crippen LogP contribution in [0.4, 0.5) is 0 Å². The summed E-state index contributed by atoms with van der Waals surface area (Å²) in [4.78, 5) is 36.0. The fourth-order valence-corrected chi connectivity index (χ4v) is 6.92. The molecular formula is C26H39NO5. The van der Waals surface area contributed by atoms with E-state index < -0.39 is 23.4 Å². The summed E-state index contributed by atoms with van der Waals surface area (Å²) in [5.41, 5.74) is 0.969. The first-order valence-electron chi connectivity index (χ1n) is 12.0. The second-order valence-electron chi connectivity index (χ2n) is 11.1. The summed E-state index contributed by atoms with van der Waals surface area (Å²) in [6, 6.07) is -1.05. The Balaban J connectivity index is 1.80. The van der Waals surface area contributed by atoms with Gasteiger partial charge in [-0.05, 0) is 74.0 Å². The molecule has 3 N–H and O–H groups in total. The minimum absolute atomic E-state index is 0.0439. The molecule has 3 rings (SSSR count). The second-order valence-corrected chi connectivity index (χ2v) is 11.1. The van der Waals surface area contributed by atoms with Crippen LogP contribution < -0.4 is 5.32 Å². The number of hydrogen-bond acceptors (Lipinski definition) is 3. The summed E-state index contributed by atoms with van der Waals surface area (Å²) in [5.74, 6) is -1.55. The van der Waals surface area contributed by atoms with Crippen molar-refractivity contribution in [2.45, 2.75) is 91.0 Å². The molecule has 3 aliphatic carbocycles. The molecule has 0 aromatic rings. The van der Waals surface area contributed by atoms with Crippen LogP contribution in [0.5, 0.6) is 0 Å². The van der Waals surface area contributed by atoms with Crippen molar-refractivity contribution in [3.63, 3.8) is 0 Å². The number of carbonyl (C=O) groups is 3. The van der Waals surface area contributed by atoms with Crippen LogP contribution in [0.2, 0.25) is 0 Å². The van der Waals surface area contributed by atoms with E-state index in [1.165, 1.54) is 5.57 Å². The molecule has 0 aliphatic heterocycles. The predicted molar refractivity (Wildman–Crippen MR) is 123 cm³/mol. The molecule has 32 heavy (non-hydrogen) atoms. The third-order valence-corrected chi connectivity index (χ3v) is 8.83. The molecule has 0 aromatic carbocycles. The van der Waals surface area contributed by atoms with Gasteiger partial charge in [0.1, 0.15) is 6.04 Å². The van der Waals surface area contributed by atoms with E-state index >= 15 is 0 Å². The van der Waals surface area contributed by atoms with Crippen molar-refractivity contribution in [1.82, 2.24) is 5.32 Å². The smallest absolute Gasteiger partial charge is 0.326 e. The van der Waals surface area contributed by atoms with Crippen LogP contribution in [0.25, 0.3) is 0 Å². The Hall–Kier alpha value is -2.11. The standard InChI is InChI=1S/C26H39NO5/c1-5-24(2)15-12-18-17(16-24)10-11-20-25(18,3)13-7-14-26(20,4)23(32)27-19(22(30)31)8-6-9-21(28)29/h5,12,17,19-20H,1,6-11,13-16H2,2-4H3,(H,27,32)(H,28,29)(H,30,31)/t17-,19-,20-,24-,25-,26+/m0/s1. The first-order valence-corrected chi connectivity index (χ1v) is 12.0. The van der Waals surface area contributed by atoms with Gasteiger partial charge in [0.2, 0.25) is 5.91 Å². The summed E-state index contributed by atoms with van der Waals surface area (Å²) in [5, 5.41) is 21.2. The Morgan fingerprint density at radius 1 is 1.22 bits per heavy atom. The third kappa shape index (κ3) is 4.51. The quantitative estimate of drug-likeness (QED) is 0.459. The van der Waals surface area contributed by atoms with Gasteiger partial charge in [0.25, 0.3) is 0 Å². The van der Waals surface area contributed by atoms with E-state index in [0.29, 0.717) is 5.92 Å². The van der Waals surface area contributed by atoms with Gasteiger partial charge in [-0.25, -0.2) is 4.79 Å². The lowest BCUT2D eigenvalue weighted by atomic mass is 9.46. The number of amides is 1. The first kappa shape index (κ1) is 24.5. The van der Waals surface area contributed by atoms with Crippen LogP contribution in [-0.4, -0.2) is 34.1 Å². The topological polar surface area (TPSA) is 104 Å². The zero-order chi connectivity index (χ0) is 23.7. The zero-order valence-corrected chi connectivity index (χ0v) is 19.8. The Labute approximate surface area is 191 Å². The van der Waals surface area contributed by atoms with Crippen molar-refractivity contribution in [2.75, 3.05) is 0 Å². The van der Waals surface area contributed by atoms with Gasteiger partial charge in [-0.2, -0.15) is 0 Å². The van der Waals surface area contributed by atoms with Gasteiger partial charge in [0, 0.05) is 6.42 Å². The molecule has 3 aliphatic rings. The molecular weight excluding hydrogens is 406 g/mol. The summed E-state index contributed by atoms with van der Waals surface area (Å²) in [6.07, 6.45) is 11.6. The molecule has 1 amide bonds. The van der Waals surface area contributed by atoms with Crippen molar-refractivity contribution >= 4 is 17.8 Å². The molecule has 0 radical (unpaired) electrons. The lowest BCUT2D eigenvalue weighted by Gasteiger charge is -2.58. The third-order valence-electron chi connectivity index (χ3n) is 8.83. The summed E-state index contributed by atoms with van der Waals surface area (Å²) < 4.78 is 0. The van der Waals surface area contributed by atoms with E-state index in [4.69, 9.17) is 5.11 Å². The van der Waals surface area contributed by atoms with E-state index in [1.807, 2.05) is 6.92 Å². The first-order chi connectivity index (χ1) is 14.9. The highest BCUT2D eigenvalue weighted by Gasteiger charge is 2.57. The molecule has 2 saturated carbocycles. The highest BCUT2D eigenvalue weighted by molar-refractivity contribution is 5.87. The van der Waals surface area contributed by atoms with Crippen LogP contribution in [0.3, 0.4) is 0 Å².